The Labute approximate surface area is 160 Å². The first-order valence-electron chi connectivity index (χ1n) is 8.16. The third-order valence-electron chi connectivity index (χ3n) is 4.26. The van der Waals surface area contributed by atoms with Gasteiger partial charge in [-0.15, -0.1) is 23.5 Å². The van der Waals surface area contributed by atoms with Crippen LogP contribution >= 0.6 is 23.5 Å². The van der Waals surface area contributed by atoms with Gasteiger partial charge in [0, 0.05) is 9.79 Å². The van der Waals surface area contributed by atoms with Crippen molar-refractivity contribution in [3.63, 3.8) is 0 Å². The molecule has 0 N–H and O–H groups in total. The fourth-order valence-corrected chi connectivity index (χ4v) is 3.70. The quantitative estimate of drug-likeness (QED) is 0.738. The zero-order valence-corrected chi connectivity index (χ0v) is 16.0. The molecular formula is C19H18O5S2. The van der Waals surface area contributed by atoms with Gasteiger partial charge in [0.2, 0.25) is 5.78 Å². The van der Waals surface area contributed by atoms with Crippen molar-refractivity contribution >= 4 is 29.3 Å². The van der Waals surface area contributed by atoms with E-state index in [4.69, 9.17) is 18.9 Å². The van der Waals surface area contributed by atoms with E-state index in [0.29, 0.717) is 23.0 Å². The first-order chi connectivity index (χ1) is 12.7. The number of carbonyl (C=O) groups is 1. The Morgan fingerprint density at radius 3 is 1.69 bits per heavy atom. The number of benzene rings is 2. The SMILES string of the molecule is CSc1ccc2c(c1)OCC(C(=O)C1COc3cc(SC)ccc3O1)O2. The van der Waals surface area contributed by atoms with Crippen molar-refractivity contribution in [1.29, 1.82) is 0 Å². The van der Waals surface area contributed by atoms with Crippen LogP contribution in [0.3, 0.4) is 0 Å². The number of ketones is 1. The monoisotopic (exact) mass is 390 g/mol. The molecule has 0 fully saturated rings. The summed E-state index contributed by atoms with van der Waals surface area (Å²) in [5.74, 6) is 2.31. The summed E-state index contributed by atoms with van der Waals surface area (Å²) in [7, 11) is 0. The second kappa shape index (κ2) is 7.32. The summed E-state index contributed by atoms with van der Waals surface area (Å²) >= 11 is 3.25. The maximum atomic E-state index is 12.8. The number of rotatable bonds is 4. The van der Waals surface area contributed by atoms with Gasteiger partial charge in [-0.25, -0.2) is 0 Å². The van der Waals surface area contributed by atoms with Crippen molar-refractivity contribution in [2.45, 2.75) is 22.0 Å². The van der Waals surface area contributed by atoms with Crippen molar-refractivity contribution < 1.29 is 23.7 Å². The van der Waals surface area contributed by atoms with Crippen molar-refractivity contribution in [3.05, 3.63) is 36.4 Å². The molecule has 0 bridgehead atoms. The lowest BCUT2D eigenvalue weighted by molar-refractivity contribution is -0.137. The van der Waals surface area contributed by atoms with Gasteiger partial charge in [-0.2, -0.15) is 0 Å². The topological polar surface area (TPSA) is 54.0 Å². The number of fused-ring (bicyclic) bond motifs is 2. The fourth-order valence-electron chi connectivity index (χ4n) is 2.84. The molecule has 0 saturated carbocycles. The van der Waals surface area contributed by atoms with Crippen LogP contribution in [0.2, 0.25) is 0 Å². The van der Waals surface area contributed by atoms with Crippen LogP contribution in [0.4, 0.5) is 0 Å². The molecule has 26 heavy (non-hydrogen) atoms. The standard InChI is InChI=1S/C19H18O5S2/c1-25-11-3-5-13-15(7-11)21-9-17(23-13)19(20)18-10-22-16-8-12(26-2)4-6-14(16)24-18/h3-8,17-18H,9-10H2,1-2H3. The molecule has 0 aromatic heterocycles. The largest absolute Gasteiger partial charge is 0.485 e. The summed E-state index contributed by atoms with van der Waals surface area (Å²) in [6.07, 6.45) is 2.59. The molecule has 136 valence electrons. The Hall–Kier alpha value is -1.99. The predicted octanol–water partition coefficient (Wildman–Crippen LogP) is 3.68. The van der Waals surface area contributed by atoms with Crippen LogP contribution in [-0.4, -0.2) is 43.7 Å². The number of Topliss-reactive ketones (excluding diaryl/α,β-unsaturated/α-hetero) is 1. The average Bonchev–Trinajstić information content (AvgIpc) is 2.71. The molecule has 2 aromatic rings. The van der Waals surface area contributed by atoms with Crippen LogP contribution in [0.5, 0.6) is 23.0 Å². The van der Waals surface area contributed by atoms with Gasteiger partial charge in [-0.1, -0.05) is 0 Å². The number of hydrogen-bond acceptors (Lipinski definition) is 7. The smallest absolute Gasteiger partial charge is 0.220 e. The van der Waals surface area contributed by atoms with E-state index in [1.165, 1.54) is 0 Å². The molecule has 2 aliphatic heterocycles. The maximum absolute atomic E-state index is 12.8. The van der Waals surface area contributed by atoms with E-state index in [1.807, 2.05) is 48.9 Å². The minimum atomic E-state index is -0.705. The second-order valence-electron chi connectivity index (χ2n) is 5.86. The summed E-state index contributed by atoms with van der Waals surface area (Å²) in [4.78, 5) is 15.0. The van der Waals surface area contributed by atoms with Crippen molar-refractivity contribution in [2.75, 3.05) is 25.7 Å². The van der Waals surface area contributed by atoms with Crippen molar-refractivity contribution in [3.8, 4) is 23.0 Å². The highest BCUT2D eigenvalue weighted by Crippen LogP contribution is 2.37. The van der Waals surface area contributed by atoms with Crippen LogP contribution in [-0.2, 0) is 4.79 Å². The Kier molecular flexibility index (Phi) is 4.91. The van der Waals surface area contributed by atoms with Gasteiger partial charge in [-0.05, 0) is 48.9 Å². The molecular weight excluding hydrogens is 372 g/mol. The van der Waals surface area contributed by atoms with E-state index >= 15 is 0 Å². The molecule has 0 amide bonds. The zero-order chi connectivity index (χ0) is 18.1. The van der Waals surface area contributed by atoms with Gasteiger partial charge in [0.1, 0.15) is 13.2 Å². The fraction of sp³-hybridized carbons (Fsp3) is 0.316. The van der Waals surface area contributed by atoms with Crippen LogP contribution in [0, 0.1) is 0 Å². The second-order valence-corrected chi connectivity index (χ2v) is 7.62. The summed E-state index contributed by atoms with van der Waals surface area (Å²) < 4.78 is 23.2. The Morgan fingerprint density at radius 1 is 0.808 bits per heavy atom. The van der Waals surface area contributed by atoms with E-state index in [-0.39, 0.29) is 19.0 Å². The lowest BCUT2D eigenvalue weighted by Crippen LogP contribution is -2.48. The molecule has 2 aromatic carbocycles. The number of hydrogen-bond donors (Lipinski definition) is 0. The van der Waals surface area contributed by atoms with Gasteiger partial charge in [0.05, 0.1) is 0 Å². The molecule has 7 heteroatoms. The highest BCUT2D eigenvalue weighted by molar-refractivity contribution is 7.98. The van der Waals surface area contributed by atoms with Crippen LogP contribution in [0.25, 0.3) is 0 Å². The first kappa shape index (κ1) is 17.4. The summed E-state index contributed by atoms with van der Waals surface area (Å²) in [6.45, 7) is 0.337. The van der Waals surface area contributed by atoms with E-state index in [0.717, 1.165) is 9.79 Å². The van der Waals surface area contributed by atoms with E-state index < -0.39 is 12.2 Å². The number of carbonyl (C=O) groups excluding carboxylic acids is 1. The average molecular weight is 390 g/mol. The lowest BCUT2D eigenvalue weighted by Gasteiger charge is -2.31. The molecule has 2 unspecified atom stereocenters. The number of ether oxygens (including phenoxy) is 4. The Morgan fingerprint density at radius 2 is 1.27 bits per heavy atom. The maximum Gasteiger partial charge on any atom is 0.220 e. The summed E-state index contributed by atoms with van der Waals surface area (Å²) in [5.41, 5.74) is 0. The van der Waals surface area contributed by atoms with E-state index in [9.17, 15) is 4.79 Å². The normalized spacial score (nSPS) is 20.5. The van der Waals surface area contributed by atoms with Crippen LogP contribution < -0.4 is 18.9 Å². The zero-order valence-electron chi connectivity index (χ0n) is 14.4. The van der Waals surface area contributed by atoms with Gasteiger partial charge < -0.3 is 18.9 Å². The molecule has 0 saturated heterocycles. The summed E-state index contributed by atoms with van der Waals surface area (Å²) in [5, 5.41) is 0. The molecule has 5 nitrogen and oxygen atoms in total. The molecule has 0 spiro atoms. The minimum Gasteiger partial charge on any atom is -0.485 e. The lowest BCUT2D eigenvalue weighted by atomic mass is 10.1. The highest BCUT2D eigenvalue weighted by atomic mass is 32.2. The van der Waals surface area contributed by atoms with E-state index in [1.54, 1.807) is 23.5 Å². The molecule has 2 aliphatic rings. The third-order valence-corrected chi connectivity index (χ3v) is 5.71. The van der Waals surface area contributed by atoms with Gasteiger partial charge >= 0.3 is 0 Å². The predicted molar refractivity (Wildman–Crippen MR) is 101 cm³/mol. The van der Waals surface area contributed by atoms with E-state index in [2.05, 4.69) is 0 Å². The van der Waals surface area contributed by atoms with Gasteiger partial charge in [-0.3, -0.25) is 4.79 Å². The van der Waals surface area contributed by atoms with Gasteiger partial charge in [0.15, 0.2) is 35.2 Å². The van der Waals surface area contributed by atoms with Crippen LogP contribution in [0.1, 0.15) is 0 Å². The molecule has 0 radical (unpaired) electrons. The van der Waals surface area contributed by atoms with Crippen molar-refractivity contribution in [1.82, 2.24) is 0 Å². The van der Waals surface area contributed by atoms with Crippen molar-refractivity contribution in [2.24, 2.45) is 0 Å². The van der Waals surface area contributed by atoms with Gasteiger partial charge in [0.25, 0.3) is 0 Å². The molecule has 0 aliphatic carbocycles. The number of thioether (sulfide) groups is 2. The first-order valence-corrected chi connectivity index (χ1v) is 10.6. The Balaban J connectivity index is 1.46. The molecule has 2 heterocycles. The summed E-state index contributed by atoms with van der Waals surface area (Å²) in [6, 6.07) is 11.4. The Bertz CT molecular complexity index is 771. The minimum absolute atomic E-state index is 0.168. The molecule has 2 atom stereocenters. The highest BCUT2D eigenvalue weighted by Gasteiger charge is 2.36. The molecule has 4 rings (SSSR count). The third kappa shape index (κ3) is 3.33. The van der Waals surface area contributed by atoms with Crippen LogP contribution in [0.15, 0.2) is 46.2 Å².